The lowest BCUT2D eigenvalue weighted by Gasteiger charge is -2.35. The van der Waals surface area contributed by atoms with Crippen molar-refractivity contribution in [2.24, 2.45) is 5.41 Å². The summed E-state index contributed by atoms with van der Waals surface area (Å²) in [6, 6.07) is 8.07. The van der Waals surface area contributed by atoms with Gasteiger partial charge in [-0.25, -0.2) is 0 Å². The first-order valence-electron chi connectivity index (χ1n) is 6.65. The first-order chi connectivity index (χ1) is 8.66. The molecule has 0 spiro atoms. The van der Waals surface area contributed by atoms with Crippen LogP contribution in [0.15, 0.2) is 28.7 Å². The number of hydrogen-bond donors (Lipinski definition) is 1. The molecule has 2 rings (SSSR count). The van der Waals surface area contributed by atoms with Gasteiger partial charge in [-0.2, -0.15) is 0 Å². The van der Waals surface area contributed by atoms with Gasteiger partial charge >= 0.3 is 0 Å². The number of hydrogen-bond acceptors (Lipinski definition) is 2. The first kappa shape index (κ1) is 13.8. The van der Waals surface area contributed by atoms with E-state index in [1.807, 2.05) is 24.3 Å². The van der Waals surface area contributed by atoms with Crippen LogP contribution in [-0.4, -0.2) is 18.9 Å². The molecule has 0 radical (unpaired) electrons. The van der Waals surface area contributed by atoms with Crippen molar-refractivity contribution in [3.05, 3.63) is 34.3 Å². The lowest BCUT2D eigenvalue weighted by Crippen LogP contribution is -2.42. The van der Waals surface area contributed by atoms with Gasteiger partial charge in [0.25, 0.3) is 0 Å². The molecule has 3 heteroatoms. The summed E-state index contributed by atoms with van der Waals surface area (Å²) in [4.78, 5) is 12.6. The largest absolute Gasteiger partial charge is 0.317 e. The lowest BCUT2D eigenvalue weighted by molar-refractivity contribution is -0.129. The van der Waals surface area contributed by atoms with Crippen LogP contribution in [0.4, 0.5) is 0 Å². The maximum Gasteiger partial charge on any atom is 0.143 e. The third kappa shape index (κ3) is 3.01. The molecule has 1 saturated heterocycles. The lowest BCUT2D eigenvalue weighted by atomic mass is 9.72. The van der Waals surface area contributed by atoms with Gasteiger partial charge in [-0.1, -0.05) is 35.0 Å². The van der Waals surface area contributed by atoms with E-state index < -0.39 is 0 Å². The summed E-state index contributed by atoms with van der Waals surface area (Å²) < 4.78 is 1.05. The Hall–Kier alpha value is -0.670. The Kier molecular flexibility index (Phi) is 4.57. The second-order valence-corrected chi connectivity index (χ2v) is 6.03. The number of ketones is 1. The van der Waals surface area contributed by atoms with Crippen molar-refractivity contribution in [1.29, 1.82) is 0 Å². The second-order valence-electron chi connectivity index (χ2n) is 5.11. The van der Waals surface area contributed by atoms with Crippen LogP contribution in [0.5, 0.6) is 0 Å². The highest BCUT2D eigenvalue weighted by atomic mass is 79.9. The fraction of sp³-hybridized carbons (Fsp3) is 0.533. The predicted octanol–water partition coefficient (Wildman–Crippen LogP) is 3.34. The van der Waals surface area contributed by atoms with Gasteiger partial charge in [-0.15, -0.1) is 0 Å². The zero-order valence-electron chi connectivity index (χ0n) is 10.8. The smallest absolute Gasteiger partial charge is 0.143 e. The van der Waals surface area contributed by atoms with Crippen molar-refractivity contribution in [2.45, 2.75) is 32.6 Å². The third-order valence-electron chi connectivity index (χ3n) is 4.08. The average molecular weight is 310 g/mol. The van der Waals surface area contributed by atoms with E-state index in [1.54, 1.807) is 0 Å². The van der Waals surface area contributed by atoms with Crippen LogP contribution < -0.4 is 5.32 Å². The van der Waals surface area contributed by atoms with E-state index in [9.17, 15) is 4.79 Å². The molecular weight excluding hydrogens is 290 g/mol. The molecular formula is C15H20BrNO. The molecule has 0 bridgehead atoms. The molecule has 1 N–H and O–H groups in total. The number of rotatable bonds is 4. The Morgan fingerprint density at radius 2 is 2.11 bits per heavy atom. The number of benzene rings is 1. The van der Waals surface area contributed by atoms with Crippen LogP contribution in [0.25, 0.3) is 0 Å². The number of nitrogens with one attached hydrogen (secondary N) is 1. The Bertz CT molecular complexity index is 424. The van der Waals surface area contributed by atoms with Gasteiger partial charge in [0.15, 0.2) is 0 Å². The summed E-state index contributed by atoms with van der Waals surface area (Å²) >= 11 is 3.46. The topological polar surface area (TPSA) is 29.1 Å². The minimum Gasteiger partial charge on any atom is -0.317 e. The molecule has 1 aliphatic heterocycles. The molecule has 98 valence electrons. The van der Waals surface area contributed by atoms with Crippen molar-refractivity contribution < 1.29 is 4.79 Å². The Morgan fingerprint density at radius 1 is 1.39 bits per heavy atom. The van der Waals surface area contributed by atoms with Crippen LogP contribution in [0.3, 0.4) is 0 Å². The van der Waals surface area contributed by atoms with Crippen molar-refractivity contribution in [3.63, 3.8) is 0 Å². The van der Waals surface area contributed by atoms with Crippen molar-refractivity contribution in [2.75, 3.05) is 13.1 Å². The molecule has 1 fully saturated rings. The zero-order chi connectivity index (χ0) is 13.0. The minimum absolute atomic E-state index is 0.0897. The summed E-state index contributed by atoms with van der Waals surface area (Å²) in [5.41, 5.74) is 1.02. The molecule has 0 saturated carbocycles. The summed E-state index contributed by atoms with van der Waals surface area (Å²) in [5.74, 6) is 0.407. The van der Waals surface area contributed by atoms with Gasteiger partial charge in [0.1, 0.15) is 5.78 Å². The molecule has 0 aromatic heterocycles. The normalized spacial score (nSPS) is 18.6. The molecule has 18 heavy (non-hydrogen) atoms. The van der Waals surface area contributed by atoms with E-state index in [4.69, 9.17) is 0 Å². The fourth-order valence-corrected chi connectivity index (χ4v) is 3.20. The minimum atomic E-state index is -0.0897. The Morgan fingerprint density at radius 3 is 2.72 bits per heavy atom. The van der Waals surface area contributed by atoms with E-state index in [1.165, 1.54) is 0 Å². The summed E-state index contributed by atoms with van der Waals surface area (Å²) in [5, 5.41) is 3.34. The zero-order valence-corrected chi connectivity index (χ0v) is 12.4. The molecule has 1 aromatic carbocycles. The van der Waals surface area contributed by atoms with Crippen LogP contribution in [0, 0.1) is 5.41 Å². The monoisotopic (exact) mass is 309 g/mol. The summed E-state index contributed by atoms with van der Waals surface area (Å²) in [6.45, 7) is 4.08. The molecule has 0 atom stereocenters. The van der Waals surface area contributed by atoms with Gasteiger partial charge in [0.05, 0.1) is 0 Å². The average Bonchev–Trinajstić information content (AvgIpc) is 2.39. The molecule has 1 heterocycles. The van der Waals surface area contributed by atoms with Crippen LogP contribution in [0.2, 0.25) is 0 Å². The van der Waals surface area contributed by atoms with Crippen molar-refractivity contribution >= 4 is 21.7 Å². The molecule has 2 nitrogen and oxygen atoms in total. The standard InChI is InChI=1S/C15H20BrNO/c1-2-15(6-8-17-9-7-15)14(18)11-12-4-3-5-13(16)10-12/h3-5,10,17H,2,6-9,11H2,1H3. The highest BCUT2D eigenvalue weighted by Crippen LogP contribution is 2.34. The number of Topliss-reactive ketones (excluding diaryl/α,β-unsaturated/α-hetero) is 1. The Labute approximate surface area is 117 Å². The van der Waals surface area contributed by atoms with Crippen molar-refractivity contribution in [1.82, 2.24) is 5.32 Å². The first-order valence-corrected chi connectivity index (χ1v) is 7.44. The van der Waals surface area contributed by atoms with Crippen molar-refractivity contribution in [3.8, 4) is 0 Å². The summed E-state index contributed by atoms with van der Waals surface area (Å²) in [7, 11) is 0. The van der Waals surface area contributed by atoms with Crippen LogP contribution in [-0.2, 0) is 11.2 Å². The fourth-order valence-electron chi connectivity index (χ4n) is 2.75. The van der Waals surface area contributed by atoms with E-state index in [2.05, 4.69) is 28.2 Å². The third-order valence-corrected chi connectivity index (χ3v) is 4.58. The number of halogens is 1. The van der Waals surface area contributed by atoms with Crippen LogP contribution >= 0.6 is 15.9 Å². The van der Waals surface area contributed by atoms with Gasteiger partial charge in [-0.3, -0.25) is 4.79 Å². The quantitative estimate of drug-likeness (QED) is 0.924. The SMILES string of the molecule is CCC1(C(=O)Cc2cccc(Br)c2)CCNCC1. The highest BCUT2D eigenvalue weighted by Gasteiger charge is 2.36. The maximum absolute atomic E-state index is 12.6. The van der Waals surface area contributed by atoms with E-state index in [0.29, 0.717) is 12.2 Å². The van der Waals surface area contributed by atoms with Crippen LogP contribution in [0.1, 0.15) is 31.7 Å². The number of carbonyl (C=O) groups excluding carboxylic acids is 1. The van der Waals surface area contributed by atoms with Gasteiger partial charge < -0.3 is 5.32 Å². The molecule has 0 amide bonds. The molecule has 1 aliphatic rings. The number of piperidine rings is 1. The molecule has 0 aliphatic carbocycles. The van der Waals surface area contributed by atoms with E-state index >= 15 is 0 Å². The summed E-state index contributed by atoms with van der Waals surface area (Å²) in [6.07, 6.45) is 3.49. The van der Waals surface area contributed by atoms with Gasteiger partial charge in [0, 0.05) is 16.3 Å². The maximum atomic E-state index is 12.6. The second kappa shape index (κ2) is 5.98. The van der Waals surface area contributed by atoms with E-state index in [-0.39, 0.29) is 5.41 Å². The highest BCUT2D eigenvalue weighted by molar-refractivity contribution is 9.10. The number of carbonyl (C=O) groups is 1. The van der Waals surface area contributed by atoms with Gasteiger partial charge in [-0.05, 0) is 50.0 Å². The molecule has 0 unspecified atom stereocenters. The molecule has 1 aromatic rings. The van der Waals surface area contributed by atoms with Gasteiger partial charge in [0.2, 0.25) is 0 Å². The predicted molar refractivity (Wildman–Crippen MR) is 77.7 cm³/mol. The van der Waals surface area contributed by atoms with E-state index in [0.717, 1.165) is 42.4 Å². The Balaban J connectivity index is 2.10.